The average Bonchev–Trinajstić information content (AvgIpc) is 2.79. The monoisotopic (exact) mass is 437 g/mol. The number of carbonyl (C=O) groups is 2. The van der Waals surface area contributed by atoms with Gasteiger partial charge in [-0.25, -0.2) is 9.59 Å². The summed E-state index contributed by atoms with van der Waals surface area (Å²) in [5, 5.41) is 6.06. The lowest BCUT2D eigenvalue weighted by Gasteiger charge is -2.18. The van der Waals surface area contributed by atoms with Gasteiger partial charge < -0.3 is 15.0 Å². The summed E-state index contributed by atoms with van der Waals surface area (Å²) in [4.78, 5) is 25.6. The van der Waals surface area contributed by atoms with Gasteiger partial charge in [-0.05, 0) is 34.9 Å². The number of nitrogens with one attached hydrogen (secondary N) is 2. The van der Waals surface area contributed by atoms with Gasteiger partial charge >= 0.3 is 12.1 Å². The van der Waals surface area contributed by atoms with Crippen LogP contribution in [0.2, 0.25) is 5.02 Å². The van der Waals surface area contributed by atoms with Crippen LogP contribution in [0.15, 0.2) is 78.9 Å². The van der Waals surface area contributed by atoms with Crippen LogP contribution in [0.25, 0.3) is 11.1 Å². The van der Waals surface area contributed by atoms with Crippen LogP contribution < -0.4 is 10.6 Å². The zero-order valence-electron chi connectivity index (χ0n) is 17.2. The molecule has 0 saturated heterocycles. The zero-order valence-corrected chi connectivity index (χ0v) is 17.9. The number of likely N-dealkylation sites (N-methyl/N-ethyl adjacent to an activating group) is 1. The lowest BCUT2D eigenvalue weighted by atomic mass is 10.1. The molecule has 31 heavy (non-hydrogen) atoms. The van der Waals surface area contributed by atoms with Crippen LogP contribution in [0.5, 0.6) is 0 Å². The van der Waals surface area contributed by atoms with E-state index in [2.05, 4.69) is 10.6 Å². The second-order valence-corrected chi connectivity index (χ2v) is 7.28. The van der Waals surface area contributed by atoms with E-state index in [1.165, 1.54) is 4.90 Å². The number of ether oxygens (including phenoxy) is 1. The molecule has 0 aliphatic carbocycles. The summed E-state index contributed by atoms with van der Waals surface area (Å²) < 4.78 is 5.17. The Kier molecular flexibility index (Phi) is 7.90. The van der Waals surface area contributed by atoms with Crippen LogP contribution in [0.1, 0.15) is 5.56 Å². The minimum atomic E-state index is -0.572. The summed E-state index contributed by atoms with van der Waals surface area (Å²) in [6.07, 6.45) is -0.572. The number of urea groups is 1. The Morgan fingerprint density at radius 2 is 1.55 bits per heavy atom. The van der Waals surface area contributed by atoms with Crippen molar-refractivity contribution in [2.75, 3.05) is 25.5 Å². The van der Waals surface area contributed by atoms with Crippen LogP contribution in [0.3, 0.4) is 0 Å². The van der Waals surface area contributed by atoms with Crippen LogP contribution in [0, 0.1) is 0 Å². The van der Waals surface area contributed by atoms with Gasteiger partial charge in [0.05, 0.1) is 6.54 Å². The predicted octanol–water partition coefficient (Wildman–Crippen LogP) is 5.40. The lowest BCUT2D eigenvalue weighted by Crippen LogP contribution is -2.39. The predicted molar refractivity (Wildman–Crippen MR) is 123 cm³/mol. The van der Waals surface area contributed by atoms with Gasteiger partial charge in [0.25, 0.3) is 0 Å². The number of halogens is 1. The molecule has 0 unspecified atom stereocenters. The molecule has 0 spiro atoms. The number of hydrogen-bond acceptors (Lipinski definition) is 3. The van der Waals surface area contributed by atoms with Crippen molar-refractivity contribution in [1.29, 1.82) is 0 Å². The van der Waals surface area contributed by atoms with Crippen LogP contribution in [0.4, 0.5) is 15.3 Å². The number of benzene rings is 3. The maximum absolute atomic E-state index is 12.2. The molecule has 3 rings (SSSR count). The van der Waals surface area contributed by atoms with Crippen molar-refractivity contribution in [2.24, 2.45) is 0 Å². The molecule has 7 heteroatoms. The number of nitrogens with zero attached hydrogens (tertiary/aromatic N) is 1. The van der Waals surface area contributed by atoms with E-state index in [4.69, 9.17) is 16.3 Å². The molecule has 160 valence electrons. The van der Waals surface area contributed by atoms with Gasteiger partial charge in [-0.2, -0.15) is 0 Å². The molecule has 0 heterocycles. The van der Waals surface area contributed by atoms with Gasteiger partial charge in [0, 0.05) is 24.3 Å². The van der Waals surface area contributed by atoms with Gasteiger partial charge in [-0.15, -0.1) is 0 Å². The minimum absolute atomic E-state index is 0.0734. The fraction of sp³-hybridized carbons (Fsp3) is 0.167. The van der Waals surface area contributed by atoms with E-state index in [0.29, 0.717) is 17.3 Å². The Balaban J connectivity index is 1.38. The first-order valence-corrected chi connectivity index (χ1v) is 10.2. The topological polar surface area (TPSA) is 70.7 Å². The van der Waals surface area contributed by atoms with Gasteiger partial charge in [0.1, 0.15) is 6.61 Å². The largest absolute Gasteiger partial charge is 0.447 e. The van der Waals surface area contributed by atoms with Crippen molar-refractivity contribution in [3.8, 4) is 11.1 Å². The molecular weight excluding hydrogens is 414 g/mol. The van der Waals surface area contributed by atoms with Crippen molar-refractivity contribution in [3.63, 3.8) is 0 Å². The average molecular weight is 438 g/mol. The second kappa shape index (κ2) is 11.0. The van der Waals surface area contributed by atoms with E-state index in [9.17, 15) is 9.59 Å². The highest BCUT2D eigenvalue weighted by Crippen LogP contribution is 2.21. The standard InChI is InChI=1S/C24H24ClN3O3/c1-28(23(29)26-17-20-9-5-6-10-22(20)25)15-16-31-24(30)27-21-13-11-19(12-14-21)18-7-3-2-4-8-18/h2-14H,15-17H2,1H3,(H,26,29)(H,27,30). The van der Waals surface area contributed by atoms with Crippen LogP contribution >= 0.6 is 11.6 Å². The highest BCUT2D eigenvalue weighted by Gasteiger charge is 2.10. The molecule has 0 bridgehead atoms. The third-order valence-corrected chi connectivity index (χ3v) is 5.00. The molecule has 3 amide bonds. The molecule has 0 aliphatic heterocycles. The van der Waals surface area contributed by atoms with E-state index in [-0.39, 0.29) is 19.2 Å². The summed E-state index contributed by atoms with van der Waals surface area (Å²) in [6.45, 7) is 0.655. The molecule has 2 N–H and O–H groups in total. The highest BCUT2D eigenvalue weighted by atomic mass is 35.5. The first-order chi connectivity index (χ1) is 15.0. The first-order valence-electron chi connectivity index (χ1n) is 9.84. The highest BCUT2D eigenvalue weighted by molar-refractivity contribution is 6.31. The van der Waals surface area contributed by atoms with Crippen molar-refractivity contribution in [3.05, 3.63) is 89.4 Å². The van der Waals surface area contributed by atoms with E-state index >= 15 is 0 Å². The van der Waals surface area contributed by atoms with Gasteiger partial charge in [0.15, 0.2) is 0 Å². The van der Waals surface area contributed by atoms with Gasteiger partial charge in [-0.3, -0.25) is 5.32 Å². The molecule has 0 aliphatic rings. The second-order valence-electron chi connectivity index (χ2n) is 6.88. The number of rotatable bonds is 7. The van der Waals surface area contributed by atoms with Crippen LogP contribution in [-0.4, -0.2) is 37.2 Å². The van der Waals surface area contributed by atoms with E-state index in [1.54, 1.807) is 13.1 Å². The molecular formula is C24H24ClN3O3. The molecule has 0 radical (unpaired) electrons. The number of anilines is 1. The van der Waals surface area contributed by atoms with E-state index in [1.807, 2.05) is 72.8 Å². The lowest BCUT2D eigenvalue weighted by molar-refractivity contribution is 0.146. The molecule has 0 atom stereocenters. The third-order valence-electron chi connectivity index (χ3n) is 4.63. The first kappa shape index (κ1) is 22.2. The molecule has 0 saturated carbocycles. The summed E-state index contributed by atoms with van der Waals surface area (Å²) in [5.74, 6) is 0. The fourth-order valence-electron chi connectivity index (χ4n) is 2.85. The minimum Gasteiger partial charge on any atom is -0.447 e. The molecule has 3 aromatic rings. The van der Waals surface area contributed by atoms with E-state index < -0.39 is 6.09 Å². The Morgan fingerprint density at radius 1 is 0.903 bits per heavy atom. The van der Waals surface area contributed by atoms with Crippen molar-refractivity contribution < 1.29 is 14.3 Å². The Morgan fingerprint density at radius 3 is 2.26 bits per heavy atom. The maximum atomic E-state index is 12.2. The third kappa shape index (κ3) is 6.76. The smallest absolute Gasteiger partial charge is 0.411 e. The maximum Gasteiger partial charge on any atom is 0.411 e. The number of carbonyl (C=O) groups excluding carboxylic acids is 2. The number of hydrogen-bond donors (Lipinski definition) is 2. The van der Waals surface area contributed by atoms with Gasteiger partial charge in [0.2, 0.25) is 0 Å². The van der Waals surface area contributed by atoms with E-state index in [0.717, 1.165) is 16.7 Å². The van der Waals surface area contributed by atoms with Crippen molar-refractivity contribution >= 4 is 29.4 Å². The summed E-state index contributed by atoms with van der Waals surface area (Å²) >= 11 is 6.08. The molecule has 0 fully saturated rings. The van der Waals surface area contributed by atoms with Crippen molar-refractivity contribution in [1.82, 2.24) is 10.2 Å². The molecule has 6 nitrogen and oxygen atoms in total. The Hall–Kier alpha value is -3.51. The number of amides is 3. The fourth-order valence-corrected chi connectivity index (χ4v) is 3.06. The van der Waals surface area contributed by atoms with Crippen LogP contribution in [-0.2, 0) is 11.3 Å². The molecule has 0 aromatic heterocycles. The summed E-state index contributed by atoms with van der Waals surface area (Å²) in [6, 6.07) is 24.5. The Bertz CT molecular complexity index is 1010. The zero-order chi connectivity index (χ0) is 22.1. The SMILES string of the molecule is CN(CCOC(=O)Nc1ccc(-c2ccccc2)cc1)C(=O)NCc1ccccc1Cl. The normalized spacial score (nSPS) is 10.3. The van der Waals surface area contributed by atoms with Gasteiger partial charge in [-0.1, -0.05) is 72.3 Å². The quantitative estimate of drug-likeness (QED) is 0.520. The summed E-state index contributed by atoms with van der Waals surface area (Å²) in [5.41, 5.74) is 3.63. The molecule has 3 aromatic carbocycles. The summed E-state index contributed by atoms with van der Waals surface area (Å²) in [7, 11) is 1.63. The Labute approximate surface area is 186 Å². The van der Waals surface area contributed by atoms with Crippen molar-refractivity contribution in [2.45, 2.75) is 6.54 Å².